The van der Waals surface area contributed by atoms with E-state index in [9.17, 15) is 4.79 Å². The number of hydrogen-bond acceptors (Lipinski definition) is 2. The van der Waals surface area contributed by atoms with Gasteiger partial charge in [-0.15, -0.1) is 0 Å². The van der Waals surface area contributed by atoms with Crippen molar-refractivity contribution in [2.24, 2.45) is 0 Å². The molecular weight excluding hydrogens is 296 g/mol. The summed E-state index contributed by atoms with van der Waals surface area (Å²) in [5.74, 6) is 0.191. The highest BCUT2D eigenvalue weighted by Crippen LogP contribution is 2.23. The summed E-state index contributed by atoms with van der Waals surface area (Å²) in [6.45, 7) is 1.71. The molecule has 0 spiro atoms. The highest BCUT2D eigenvalue weighted by Gasteiger charge is 2.31. The maximum absolute atomic E-state index is 13.1. The molecule has 2 heterocycles. The number of carbonyl (C=O) groups excluding carboxylic acids is 1. The number of nitrogens with one attached hydrogen (secondary N) is 1. The summed E-state index contributed by atoms with van der Waals surface area (Å²) in [5.41, 5.74) is 3.23. The second-order valence-electron chi connectivity index (χ2n) is 7.00. The van der Waals surface area contributed by atoms with E-state index < -0.39 is 0 Å². The van der Waals surface area contributed by atoms with Gasteiger partial charge in [0.2, 0.25) is 0 Å². The number of nitrogens with zero attached hydrogens (tertiary/aromatic N) is 1. The second-order valence-corrected chi connectivity index (χ2v) is 7.00. The fourth-order valence-corrected chi connectivity index (χ4v) is 4.00. The first kappa shape index (κ1) is 15.4. The molecule has 0 radical (unpaired) electrons. The lowest BCUT2D eigenvalue weighted by molar-refractivity contribution is 0.0747. The third-order valence-electron chi connectivity index (χ3n) is 5.30. The predicted octanol–water partition coefficient (Wildman–Crippen LogP) is 3.24. The number of likely N-dealkylation sites (tertiary alicyclic amines) is 1. The smallest absolute Gasteiger partial charge is 0.254 e. The molecule has 4 rings (SSSR count). The van der Waals surface area contributed by atoms with Gasteiger partial charge in [0.15, 0.2) is 0 Å². The first-order valence-electron chi connectivity index (χ1n) is 8.97. The average molecular weight is 320 g/mol. The van der Waals surface area contributed by atoms with E-state index in [1.165, 1.54) is 18.4 Å². The van der Waals surface area contributed by atoms with E-state index in [0.717, 1.165) is 37.1 Å². The van der Waals surface area contributed by atoms with Crippen LogP contribution in [0.4, 0.5) is 0 Å². The van der Waals surface area contributed by atoms with Crippen molar-refractivity contribution < 1.29 is 4.79 Å². The summed E-state index contributed by atoms with van der Waals surface area (Å²) in [7, 11) is 0. The normalized spacial score (nSPS) is 23.1. The third-order valence-corrected chi connectivity index (χ3v) is 5.30. The molecule has 0 saturated carbocycles. The zero-order valence-electron chi connectivity index (χ0n) is 13.9. The van der Waals surface area contributed by atoms with Crippen molar-refractivity contribution in [1.82, 2.24) is 10.2 Å². The summed E-state index contributed by atoms with van der Waals surface area (Å²) in [5, 5.41) is 3.65. The van der Waals surface area contributed by atoms with Gasteiger partial charge in [0, 0.05) is 30.7 Å². The summed E-state index contributed by atoms with van der Waals surface area (Å²) < 4.78 is 0. The van der Waals surface area contributed by atoms with E-state index in [-0.39, 0.29) is 5.91 Å². The standard InChI is InChI=1S/C21H24N2O/c24-21(23-13-12-18-10-11-19(15-23)22-18)20-9-5-4-8-17(20)14-16-6-2-1-3-7-16/h1-9,18-19,22H,10-15H2. The highest BCUT2D eigenvalue weighted by atomic mass is 16.2. The van der Waals surface area contributed by atoms with Gasteiger partial charge < -0.3 is 10.2 Å². The van der Waals surface area contributed by atoms with Crippen LogP contribution in [0, 0.1) is 0 Å². The van der Waals surface area contributed by atoms with Crippen LogP contribution in [0.3, 0.4) is 0 Å². The van der Waals surface area contributed by atoms with E-state index in [1.54, 1.807) is 0 Å². The molecular formula is C21H24N2O. The molecule has 2 bridgehead atoms. The molecule has 3 heteroatoms. The molecule has 2 atom stereocenters. The minimum Gasteiger partial charge on any atom is -0.337 e. The van der Waals surface area contributed by atoms with Crippen LogP contribution in [0.25, 0.3) is 0 Å². The third kappa shape index (κ3) is 3.22. The molecule has 1 amide bonds. The van der Waals surface area contributed by atoms with Crippen molar-refractivity contribution in [3.8, 4) is 0 Å². The van der Waals surface area contributed by atoms with E-state index in [1.807, 2.05) is 24.3 Å². The van der Waals surface area contributed by atoms with E-state index in [4.69, 9.17) is 0 Å². The number of fused-ring (bicyclic) bond motifs is 2. The molecule has 2 saturated heterocycles. The zero-order chi connectivity index (χ0) is 16.4. The second kappa shape index (κ2) is 6.78. The Labute approximate surface area is 143 Å². The molecule has 2 aliphatic heterocycles. The van der Waals surface area contributed by atoms with Crippen LogP contribution < -0.4 is 5.32 Å². The maximum Gasteiger partial charge on any atom is 0.254 e. The fourth-order valence-electron chi connectivity index (χ4n) is 4.00. The molecule has 2 fully saturated rings. The van der Waals surface area contributed by atoms with Gasteiger partial charge in [-0.1, -0.05) is 48.5 Å². The van der Waals surface area contributed by atoms with Gasteiger partial charge in [-0.2, -0.15) is 0 Å². The van der Waals surface area contributed by atoms with Gasteiger partial charge in [-0.3, -0.25) is 4.79 Å². The summed E-state index contributed by atoms with van der Waals surface area (Å²) in [4.78, 5) is 15.2. The Morgan fingerprint density at radius 3 is 2.58 bits per heavy atom. The molecule has 2 aromatic carbocycles. The number of amides is 1. The van der Waals surface area contributed by atoms with Crippen molar-refractivity contribution in [2.45, 2.75) is 37.8 Å². The molecule has 2 aromatic rings. The zero-order valence-corrected chi connectivity index (χ0v) is 13.9. The first-order valence-corrected chi connectivity index (χ1v) is 8.97. The molecule has 2 aliphatic rings. The molecule has 24 heavy (non-hydrogen) atoms. The van der Waals surface area contributed by atoms with Crippen LogP contribution in [-0.4, -0.2) is 36.0 Å². The Balaban J connectivity index is 1.56. The molecule has 124 valence electrons. The van der Waals surface area contributed by atoms with Crippen molar-refractivity contribution in [2.75, 3.05) is 13.1 Å². The van der Waals surface area contributed by atoms with Crippen LogP contribution in [0.5, 0.6) is 0 Å². The van der Waals surface area contributed by atoms with Gasteiger partial charge in [-0.05, 0) is 42.9 Å². The molecule has 0 aromatic heterocycles. The minimum absolute atomic E-state index is 0.191. The monoisotopic (exact) mass is 320 g/mol. The largest absolute Gasteiger partial charge is 0.337 e. The van der Waals surface area contributed by atoms with Crippen LogP contribution in [0.1, 0.15) is 40.7 Å². The van der Waals surface area contributed by atoms with E-state index in [0.29, 0.717) is 12.1 Å². The van der Waals surface area contributed by atoms with Gasteiger partial charge in [0.25, 0.3) is 5.91 Å². The van der Waals surface area contributed by atoms with Crippen LogP contribution >= 0.6 is 0 Å². The SMILES string of the molecule is O=C(c1ccccc1Cc1ccccc1)N1CCC2CCC(C1)N2. The number of hydrogen-bond donors (Lipinski definition) is 1. The average Bonchev–Trinajstić information content (AvgIpc) is 2.95. The quantitative estimate of drug-likeness (QED) is 0.941. The number of rotatable bonds is 3. The highest BCUT2D eigenvalue weighted by molar-refractivity contribution is 5.95. The van der Waals surface area contributed by atoms with E-state index >= 15 is 0 Å². The lowest BCUT2D eigenvalue weighted by Crippen LogP contribution is -2.39. The van der Waals surface area contributed by atoms with Crippen molar-refractivity contribution in [3.05, 3.63) is 71.3 Å². The van der Waals surface area contributed by atoms with Crippen molar-refractivity contribution in [3.63, 3.8) is 0 Å². The first-order chi connectivity index (χ1) is 11.8. The Morgan fingerprint density at radius 2 is 1.71 bits per heavy atom. The Hall–Kier alpha value is -2.13. The van der Waals surface area contributed by atoms with Crippen LogP contribution in [0.15, 0.2) is 54.6 Å². The summed E-state index contributed by atoms with van der Waals surface area (Å²) in [6, 6.07) is 19.5. The van der Waals surface area contributed by atoms with Gasteiger partial charge in [-0.25, -0.2) is 0 Å². The van der Waals surface area contributed by atoms with Crippen LogP contribution in [-0.2, 0) is 6.42 Å². The van der Waals surface area contributed by atoms with Gasteiger partial charge in [0.1, 0.15) is 0 Å². The fraction of sp³-hybridized carbons (Fsp3) is 0.381. The van der Waals surface area contributed by atoms with Crippen molar-refractivity contribution >= 4 is 5.91 Å². The maximum atomic E-state index is 13.1. The Kier molecular flexibility index (Phi) is 4.35. The Morgan fingerprint density at radius 1 is 0.958 bits per heavy atom. The summed E-state index contributed by atoms with van der Waals surface area (Å²) >= 11 is 0. The summed E-state index contributed by atoms with van der Waals surface area (Å²) in [6.07, 6.45) is 4.33. The van der Waals surface area contributed by atoms with Crippen LogP contribution in [0.2, 0.25) is 0 Å². The topological polar surface area (TPSA) is 32.3 Å². The predicted molar refractivity (Wildman–Crippen MR) is 96.2 cm³/mol. The number of benzene rings is 2. The molecule has 2 unspecified atom stereocenters. The lowest BCUT2D eigenvalue weighted by atomic mass is 9.98. The van der Waals surface area contributed by atoms with Gasteiger partial charge in [0.05, 0.1) is 0 Å². The molecule has 1 N–H and O–H groups in total. The van der Waals surface area contributed by atoms with E-state index in [2.05, 4.69) is 40.5 Å². The van der Waals surface area contributed by atoms with Gasteiger partial charge >= 0.3 is 0 Å². The molecule has 3 nitrogen and oxygen atoms in total. The van der Waals surface area contributed by atoms with Crippen molar-refractivity contribution in [1.29, 1.82) is 0 Å². The molecule has 0 aliphatic carbocycles. The lowest BCUT2D eigenvalue weighted by Gasteiger charge is -2.25. The number of carbonyl (C=O) groups is 1. The Bertz CT molecular complexity index is 713. The minimum atomic E-state index is 0.191.